The Kier molecular flexibility index (Phi) is 5.12. The highest BCUT2D eigenvalue weighted by Crippen LogP contribution is 2.11. The minimum Gasteiger partial charge on any atom is -0.381 e. The topological polar surface area (TPSA) is 50.9 Å². The van der Waals surface area contributed by atoms with Crippen LogP contribution in [0.3, 0.4) is 0 Å². The molecular weight excluding hydrogens is 186 g/mol. The van der Waals surface area contributed by atoms with Crippen molar-refractivity contribution in [2.75, 3.05) is 11.9 Å². The van der Waals surface area contributed by atoms with Crippen LogP contribution in [0.15, 0.2) is 18.3 Å². The molecule has 1 aromatic heterocycles. The van der Waals surface area contributed by atoms with Crippen LogP contribution in [-0.2, 0) is 0 Å². The number of nitrogens with zero attached hydrogens (tertiary/aromatic N) is 1. The summed E-state index contributed by atoms with van der Waals surface area (Å²) < 4.78 is 0. The molecule has 1 aromatic rings. The van der Waals surface area contributed by atoms with Gasteiger partial charge < -0.3 is 11.1 Å². The zero-order chi connectivity index (χ0) is 11.1. The summed E-state index contributed by atoms with van der Waals surface area (Å²) in [7, 11) is 0. The van der Waals surface area contributed by atoms with Crippen molar-refractivity contribution < 1.29 is 0 Å². The van der Waals surface area contributed by atoms with E-state index in [1.54, 1.807) is 0 Å². The molecule has 0 aromatic carbocycles. The molecule has 3 nitrogen and oxygen atoms in total. The maximum absolute atomic E-state index is 5.72. The number of aromatic nitrogens is 1. The Bertz CT molecular complexity index is 286. The largest absolute Gasteiger partial charge is 0.381 e. The van der Waals surface area contributed by atoms with Gasteiger partial charge >= 0.3 is 0 Å². The summed E-state index contributed by atoms with van der Waals surface area (Å²) in [5, 5.41) is 3.44. The molecule has 0 radical (unpaired) electrons. The van der Waals surface area contributed by atoms with Crippen molar-refractivity contribution >= 4 is 5.69 Å². The molecule has 0 aliphatic carbocycles. The van der Waals surface area contributed by atoms with Crippen LogP contribution in [0.25, 0.3) is 0 Å². The van der Waals surface area contributed by atoms with E-state index >= 15 is 0 Å². The summed E-state index contributed by atoms with van der Waals surface area (Å²) in [5.74, 6) is 0. The highest BCUT2D eigenvalue weighted by atomic mass is 14.9. The zero-order valence-corrected chi connectivity index (χ0v) is 9.66. The third-order valence-electron chi connectivity index (χ3n) is 2.46. The van der Waals surface area contributed by atoms with Gasteiger partial charge in [-0.15, -0.1) is 0 Å². The van der Waals surface area contributed by atoms with E-state index in [-0.39, 0.29) is 0 Å². The summed E-state index contributed by atoms with van der Waals surface area (Å²) in [4.78, 5) is 4.16. The number of hydrogen-bond donors (Lipinski definition) is 2. The Morgan fingerprint density at radius 3 is 2.93 bits per heavy atom. The molecule has 0 amide bonds. The van der Waals surface area contributed by atoms with Gasteiger partial charge in [0.15, 0.2) is 0 Å². The number of nitrogens with two attached hydrogens (primary N) is 1. The molecule has 0 aliphatic rings. The fraction of sp³-hybridized carbons (Fsp3) is 0.583. The minimum absolute atomic E-state index is 0.381. The maximum Gasteiger partial charge on any atom is 0.0393 e. The minimum atomic E-state index is 0.381. The number of aryl methyl sites for hydroxylation is 1. The van der Waals surface area contributed by atoms with E-state index in [1.807, 2.05) is 19.2 Å². The van der Waals surface area contributed by atoms with Crippen molar-refractivity contribution in [2.24, 2.45) is 5.73 Å². The lowest BCUT2D eigenvalue weighted by atomic mass is 10.1. The van der Waals surface area contributed by atoms with E-state index in [0.29, 0.717) is 12.6 Å². The Morgan fingerprint density at radius 1 is 1.53 bits per heavy atom. The SMILES string of the molecule is CCCCC(CN)Nc1ccnc(C)c1. The van der Waals surface area contributed by atoms with Crippen LogP contribution in [0.1, 0.15) is 31.9 Å². The van der Waals surface area contributed by atoms with Crippen LogP contribution < -0.4 is 11.1 Å². The first-order chi connectivity index (χ1) is 7.26. The number of nitrogens with one attached hydrogen (secondary N) is 1. The summed E-state index contributed by atoms with van der Waals surface area (Å²) in [5.41, 5.74) is 7.87. The molecule has 0 saturated heterocycles. The molecule has 0 spiro atoms. The predicted octanol–water partition coefficient (Wildman–Crippen LogP) is 2.32. The maximum atomic E-state index is 5.72. The molecule has 1 heterocycles. The van der Waals surface area contributed by atoms with Crippen LogP contribution >= 0.6 is 0 Å². The summed E-state index contributed by atoms with van der Waals surface area (Å²) in [6, 6.07) is 4.42. The standard InChI is InChI=1S/C12H21N3/c1-3-4-5-12(9-13)15-11-6-7-14-10(2)8-11/h6-8,12H,3-5,9,13H2,1-2H3,(H,14,15). The van der Waals surface area contributed by atoms with Crippen molar-refractivity contribution in [3.63, 3.8) is 0 Å². The van der Waals surface area contributed by atoms with Crippen LogP contribution in [0.4, 0.5) is 5.69 Å². The number of unbranched alkanes of at least 4 members (excludes halogenated alkanes) is 1. The van der Waals surface area contributed by atoms with Crippen molar-refractivity contribution in [3.8, 4) is 0 Å². The Labute approximate surface area is 92.1 Å². The first kappa shape index (κ1) is 12.0. The van der Waals surface area contributed by atoms with Crippen LogP contribution in [0.5, 0.6) is 0 Å². The average molecular weight is 207 g/mol. The van der Waals surface area contributed by atoms with E-state index < -0.39 is 0 Å². The van der Waals surface area contributed by atoms with Gasteiger partial charge in [0.1, 0.15) is 0 Å². The molecule has 0 saturated carbocycles. The van der Waals surface area contributed by atoms with Crippen molar-refractivity contribution in [1.82, 2.24) is 4.98 Å². The normalized spacial score (nSPS) is 12.5. The fourth-order valence-electron chi connectivity index (χ4n) is 1.57. The predicted molar refractivity (Wildman–Crippen MR) is 65.0 cm³/mol. The molecular formula is C12H21N3. The van der Waals surface area contributed by atoms with Gasteiger partial charge in [-0.25, -0.2) is 0 Å². The molecule has 1 unspecified atom stereocenters. The van der Waals surface area contributed by atoms with Gasteiger partial charge in [0.2, 0.25) is 0 Å². The van der Waals surface area contributed by atoms with Crippen molar-refractivity contribution in [1.29, 1.82) is 0 Å². The monoisotopic (exact) mass is 207 g/mol. The third-order valence-corrected chi connectivity index (χ3v) is 2.46. The van der Waals surface area contributed by atoms with E-state index in [1.165, 1.54) is 12.8 Å². The van der Waals surface area contributed by atoms with Gasteiger partial charge in [-0.2, -0.15) is 0 Å². The van der Waals surface area contributed by atoms with E-state index in [0.717, 1.165) is 17.8 Å². The molecule has 0 aliphatic heterocycles. The lowest BCUT2D eigenvalue weighted by Crippen LogP contribution is -2.28. The number of pyridine rings is 1. The van der Waals surface area contributed by atoms with E-state index in [2.05, 4.69) is 23.3 Å². The number of anilines is 1. The quantitative estimate of drug-likeness (QED) is 0.752. The first-order valence-corrected chi connectivity index (χ1v) is 5.65. The van der Waals surface area contributed by atoms with E-state index in [4.69, 9.17) is 5.73 Å². The molecule has 0 bridgehead atoms. The van der Waals surface area contributed by atoms with Crippen molar-refractivity contribution in [3.05, 3.63) is 24.0 Å². The Hall–Kier alpha value is -1.09. The molecule has 84 valence electrons. The van der Waals surface area contributed by atoms with Gasteiger partial charge in [0.25, 0.3) is 0 Å². The molecule has 3 N–H and O–H groups in total. The van der Waals surface area contributed by atoms with Crippen LogP contribution in [0, 0.1) is 6.92 Å². The fourth-order valence-corrected chi connectivity index (χ4v) is 1.57. The smallest absolute Gasteiger partial charge is 0.0393 e. The van der Waals surface area contributed by atoms with Gasteiger partial charge in [-0.1, -0.05) is 19.8 Å². The lowest BCUT2D eigenvalue weighted by molar-refractivity contribution is 0.614. The molecule has 1 atom stereocenters. The zero-order valence-electron chi connectivity index (χ0n) is 9.66. The second-order valence-corrected chi connectivity index (χ2v) is 3.91. The Balaban J connectivity index is 2.50. The Morgan fingerprint density at radius 2 is 2.33 bits per heavy atom. The molecule has 1 rings (SSSR count). The number of rotatable bonds is 6. The number of hydrogen-bond acceptors (Lipinski definition) is 3. The van der Waals surface area contributed by atoms with Gasteiger partial charge in [-0.3, -0.25) is 4.98 Å². The third kappa shape index (κ3) is 4.30. The van der Waals surface area contributed by atoms with Gasteiger partial charge in [-0.05, 0) is 25.5 Å². The average Bonchev–Trinajstić information content (AvgIpc) is 2.24. The van der Waals surface area contributed by atoms with Gasteiger partial charge in [0, 0.05) is 30.2 Å². The second-order valence-electron chi connectivity index (χ2n) is 3.91. The van der Waals surface area contributed by atoms with Crippen LogP contribution in [0.2, 0.25) is 0 Å². The lowest BCUT2D eigenvalue weighted by Gasteiger charge is -2.17. The van der Waals surface area contributed by atoms with E-state index in [9.17, 15) is 0 Å². The summed E-state index contributed by atoms with van der Waals surface area (Å²) >= 11 is 0. The van der Waals surface area contributed by atoms with Crippen molar-refractivity contribution in [2.45, 2.75) is 39.2 Å². The summed E-state index contributed by atoms with van der Waals surface area (Å²) in [6.07, 6.45) is 5.39. The van der Waals surface area contributed by atoms with Crippen LogP contribution in [-0.4, -0.2) is 17.6 Å². The molecule has 15 heavy (non-hydrogen) atoms. The second kappa shape index (κ2) is 6.40. The molecule has 0 fully saturated rings. The molecule has 3 heteroatoms. The highest BCUT2D eigenvalue weighted by molar-refractivity contribution is 5.43. The van der Waals surface area contributed by atoms with Gasteiger partial charge in [0.05, 0.1) is 0 Å². The first-order valence-electron chi connectivity index (χ1n) is 5.65. The highest BCUT2D eigenvalue weighted by Gasteiger charge is 2.05. The summed E-state index contributed by atoms with van der Waals surface area (Å²) in [6.45, 7) is 4.88.